The van der Waals surface area contributed by atoms with E-state index in [-0.39, 0.29) is 0 Å². The second kappa shape index (κ2) is 5.02. The van der Waals surface area contributed by atoms with Gasteiger partial charge in [0.1, 0.15) is 5.69 Å². The van der Waals surface area contributed by atoms with Crippen molar-refractivity contribution >= 4 is 17.3 Å². The molecule has 0 saturated heterocycles. The summed E-state index contributed by atoms with van der Waals surface area (Å²) < 4.78 is 1.76. The number of halogens is 1. The lowest BCUT2D eigenvalue weighted by Gasteiger charge is -2.01. The molecule has 20 heavy (non-hydrogen) atoms. The predicted molar refractivity (Wildman–Crippen MR) is 83.2 cm³/mol. The molecule has 1 aromatic heterocycles. The van der Waals surface area contributed by atoms with Crippen LogP contribution in [0.15, 0.2) is 54.7 Å². The van der Waals surface area contributed by atoms with Crippen molar-refractivity contribution in [1.82, 2.24) is 9.78 Å². The zero-order chi connectivity index (χ0) is 14.1. The average molecular weight is 284 g/mol. The van der Waals surface area contributed by atoms with Gasteiger partial charge in [-0.15, -0.1) is 0 Å². The molecule has 0 spiro atoms. The van der Waals surface area contributed by atoms with Gasteiger partial charge in [0.2, 0.25) is 0 Å². The summed E-state index contributed by atoms with van der Waals surface area (Å²) in [7, 11) is 0. The monoisotopic (exact) mass is 283 g/mol. The summed E-state index contributed by atoms with van der Waals surface area (Å²) in [5.74, 6) is 0. The van der Waals surface area contributed by atoms with E-state index in [1.54, 1.807) is 4.68 Å². The van der Waals surface area contributed by atoms with E-state index in [0.29, 0.717) is 10.7 Å². The van der Waals surface area contributed by atoms with E-state index in [9.17, 15) is 0 Å². The minimum absolute atomic E-state index is 0.656. The first-order chi connectivity index (χ1) is 9.63. The molecule has 0 bridgehead atoms. The van der Waals surface area contributed by atoms with Gasteiger partial charge in [-0.05, 0) is 31.2 Å². The van der Waals surface area contributed by atoms with Gasteiger partial charge in [0.25, 0.3) is 0 Å². The summed E-state index contributed by atoms with van der Waals surface area (Å²) in [6.45, 7) is 2.06. The lowest BCUT2D eigenvalue weighted by Crippen LogP contribution is -1.94. The number of rotatable bonds is 2. The van der Waals surface area contributed by atoms with Crippen molar-refractivity contribution < 1.29 is 0 Å². The normalized spacial score (nSPS) is 10.7. The van der Waals surface area contributed by atoms with Crippen molar-refractivity contribution in [1.29, 1.82) is 0 Å². The Morgan fingerprint density at radius 3 is 2.30 bits per heavy atom. The number of benzene rings is 2. The number of hydrogen-bond donors (Lipinski definition) is 1. The van der Waals surface area contributed by atoms with Gasteiger partial charge in [-0.2, -0.15) is 5.10 Å². The van der Waals surface area contributed by atoms with E-state index < -0.39 is 0 Å². The largest absolute Gasteiger partial charge is 0.396 e. The highest BCUT2D eigenvalue weighted by atomic mass is 35.5. The van der Waals surface area contributed by atoms with E-state index in [4.69, 9.17) is 17.3 Å². The highest BCUT2D eigenvalue weighted by Crippen LogP contribution is 2.26. The summed E-state index contributed by atoms with van der Waals surface area (Å²) >= 11 is 5.89. The van der Waals surface area contributed by atoms with Gasteiger partial charge in [0.05, 0.1) is 17.6 Å². The maximum absolute atomic E-state index is 6.07. The van der Waals surface area contributed by atoms with E-state index in [2.05, 4.69) is 24.2 Å². The summed E-state index contributed by atoms with van der Waals surface area (Å²) in [5, 5.41) is 5.26. The van der Waals surface area contributed by atoms with Crippen molar-refractivity contribution in [2.75, 3.05) is 5.73 Å². The Kier molecular flexibility index (Phi) is 3.20. The third-order valence-electron chi connectivity index (χ3n) is 3.16. The van der Waals surface area contributed by atoms with E-state index in [1.807, 2.05) is 42.6 Å². The Morgan fingerprint density at radius 1 is 1.00 bits per heavy atom. The molecule has 0 radical (unpaired) electrons. The van der Waals surface area contributed by atoms with Gasteiger partial charge < -0.3 is 5.73 Å². The zero-order valence-corrected chi connectivity index (χ0v) is 11.8. The Labute approximate surface area is 122 Å². The van der Waals surface area contributed by atoms with Crippen LogP contribution in [0.2, 0.25) is 5.02 Å². The maximum atomic E-state index is 6.07. The Hall–Kier alpha value is -2.26. The van der Waals surface area contributed by atoms with Crippen LogP contribution in [0.5, 0.6) is 0 Å². The first kappa shape index (κ1) is 12.8. The molecule has 0 aliphatic carbocycles. The molecule has 0 fully saturated rings. The van der Waals surface area contributed by atoms with Crippen LogP contribution in [0.3, 0.4) is 0 Å². The van der Waals surface area contributed by atoms with Crippen LogP contribution in [-0.2, 0) is 0 Å². The molecular weight excluding hydrogens is 270 g/mol. The lowest BCUT2D eigenvalue weighted by molar-refractivity contribution is 0.884. The van der Waals surface area contributed by atoms with Gasteiger partial charge in [0, 0.05) is 10.6 Å². The highest BCUT2D eigenvalue weighted by molar-refractivity contribution is 6.30. The number of anilines is 1. The molecule has 0 aliphatic heterocycles. The van der Waals surface area contributed by atoms with Gasteiger partial charge in [0.15, 0.2) is 0 Å². The SMILES string of the molecule is Cc1ccc(-c2nn(-c3ccc(Cl)cc3)cc2N)cc1. The standard InChI is InChI=1S/C16H14ClN3/c1-11-2-4-12(5-3-11)16-15(18)10-20(19-16)14-8-6-13(17)7-9-14/h2-10H,18H2,1H3. The molecule has 0 unspecified atom stereocenters. The molecule has 0 atom stereocenters. The lowest BCUT2D eigenvalue weighted by atomic mass is 10.1. The second-order valence-electron chi connectivity index (χ2n) is 4.72. The summed E-state index contributed by atoms with van der Waals surface area (Å²) in [6, 6.07) is 15.6. The fourth-order valence-electron chi connectivity index (χ4n) is 2.05. The highest BCUT2D eigenvalue weighted by Gasteiger charge is 2.09. The summed E-state index contributed by atoms with van der Waals surface area (Å²) in [5.41, 5.74) is 10.7. The topological polar surface area (TPSA) is 43.8 Å². The maximum Gasteiger partial charge on any atom is 0.116 e. The van der Waals surface area contributed by atoms with Crippen molar-refractivity contribution in [3.05, 3.63) is 65.3 Å². The first-order valence-corrected chi connectivity index (χ1v) is 6.69. The number of nitrogens with two attached hydrogens (primary N) is 1. The van der Waals surface area contributed by atoms with E-state index in [1.165, 1.54) is 5.56 Å². The van der Waals surface area contributed by atoms with Crippen molar-refractivity contribution in [3.8, 4) is 16.9 Å². The van der Waals surface area contributed by atoms with E-state index in [0.717, 1.165) is 16.9 Å². The van der Waals surface area contributed by atoms with Gasteiger partial charge in [-0.25, -0.2) is 4.68 Å². The van der Waals surface area contributed by atoms with E-state index >= 15 is 0 Å². The number of nitrogen functional groups attached to an aromatic ring is 1. The smallest absolute Gasteiger partial charge is 0.116 e. The molecule has 2 N–H and O–H groups in total. The third kappa shape index (κ3) is 2.40. The van der Waals surface area contributed by atoms with Crippen molar-refractivity contribution in [2.24, 2.45) is 0 Å². The fraction of sp³-hybridized carbons (Fsp3) is 0.0625. The molecule has 0 aliphatic rings. The third-order valence-corrected chi connectivity index (χ3v) is 3.41. The van der Waals surface area contributed by atoms with Gasteiger partial charge >= 0.3 is 0 Å². The van der Waals surface area contributed by atoms with Gasteiger partial charge in [-0.3, -0.25) is 0 Å². The fourth-order valence-corrected chi connectivity index (χ4v) is 2.18. The molecule has 3 aromatic rings. The number of aryl methyl sites for hydroxylation is 1. The Morgan fingerprint density at radius 2 is 1.65 bits per heavy atom. The van der Waals surface area contributed by atoms with Crippen LogP contribution in [0.4, 0.5) is 5.69 Å². The second-order valence-corrected chi connectivity index (χ2v) is 5.16. The Balaban J connectivity index is 2.02. The number of nitrogens with zero attached hydrogens (tertiary/aromatic N) is 2. The number of aromatic nitrogens is 2. The minimum Gasteiger partial charge on any atom is -0.396 e. The van der Waals surface area contributed by atoms with Gasteiger partial charge in [-0.1, -0.05) is 41.4 Å². The minimum atomic E-state index is 0.656. The molecule has 3 nitrogen and oxygen atoms in total. The number of hydrogen-bond acceptors (Lipinski definition) is 2. The molecule has 2 aromatic carbocycles. The van der Waals surface area contributed by atoms with Crippen LogP contribution in [0.25, 0.3) is 16.9 Å². The molecular formula is C16H14ClN3. The summed E-state index contributed by atoms with van der Waals surface area (Å²) in [4.78, 5) is 0. The first-order valence-electron chi connectivity index (χ1n) is 6.31. The molecule has 100 valence electrons. The molecule has 0 saturated carbocycles. The molecule has 4 heteroatoms. The van der Waals surface area contributed by atoms with Crippen LogP contribution in [0.1, 0.15) is 5.56 Å². The van der Waals surface area contributed by atoms with Crippen LogP contribution < -0.4 is 5.73 Å². The molecule has 1 heterocycles. The quantitative estimate of drug-likeness (QED) is 0.770. The van der Waals surface area contributed by atoms with Crippen molar-refractivity contribution in [3.63, 3.8) is 0 Å². The van der Waals surface area contributed by atoms with Crippen LogP contribution in [-0.4, -0.2) is 9.78 Å². The van der Waals surface area contributed by atoms with Crippen LogP contribution >= 0.6 is 11.6 Å². The molecule has 0 amide bonds. The van der Waals surface area contributed by atoms with Crippen molar-refractivity contribution in [2.45, 2.75) is 6.92 Å². The molecule has 3 rings (SSSR count). The van der Waals surface area contributed by atoms with Crippen LogP contribution in [0, 0.1) is 6.92 Å². The summed E-state index contributed by atoms with van der Waals surface area (Å²) in [6.07, 6.45) is 1.82. The average Bonchev–Trinajstić information content (AvgIpc) is 2.82. The Bertz CT molecular complexity index is 727. The predicted octanol–water partition coefficient (Wildman–Crippen LogP) is 4.08. The zero-order valence-electron chi connectivity index (χ0n) is 11.0.